The summed E-state index contributed by atoms with van der Waals surface area (Å²) in [6.07, 6.45) is 2.20. The van der Waals surface area contributed by atoms with Crippen molar-refractivity contribution in [2.24, 2.45) is 5.92 Å². The highest BCUT2D eigenvalue weighted by Crippen LogP contribution is 2.16. The van der Waals surface area contributed by atoms with Crippen molar-refractivity contribution in [1.82, 2.24) is 10.3 Å². The first kappa shape index (κ1) is 16.0. The Hall–Kier alpha value is -1.09. The van der Waals surface area contributed by atoms with E-state index in [0.29, 0.717) is 5.92 Å². The first-order valence-electron chi connectivity index (χ1n) is 7.48. The summed E-state index contributed by atoms with van der Waals surface area (Å²) in [4.78, 5) is 7.05. The van der Waals surface area contributed by atoms with Crippen LogP contribution in [0.2, 0.25) is 0 Å². The molecule has 3 nitrogen and oxygen atoms in total. The first-order valence-corrected chi connectivity index (χ1v) is 7.48. The molecule has 3 heteroatoms. The van der Waals surface area contributed by atoms with E-state index in [4.69, 9.17) is 4.98 Å². The van der Waals surface area contributed by atoms with E-state index in [0.717, 1.165) is 38.3 Å². The molecule has 0 atom stereocenters. The number of pyridine rings is 1. The zero-order valence-electron chi connectivity index (χ0n) is 13.2. The van der Waals surface area contributed by atoms with Gasteiger partial charge in [-0.25, -0.2) is 4.98 Å². The number of aryl methyl sites for hydroxylation is 1. The fraction of sp³-hybridized carbons (Fsp3) is 0.688. The van der Waals surface area contributed by atoms with E-state index < -0.39 is 0 Å². The topological polar surface area (TPSA) is 28.2 Å². The van der Waals surface area contributed by atoms with Crippen LogP contribution in [0, 0.1) is 5.92 Å². The molecule has 0 saturated heterocycles. The van der Waals surface area contributed by atoms with Crippen molar-refractivity contribution in [2.45, 2.75) is 47.1 Å². The Morgan fingerprint density at radius 2 is 2.00 bits per heavy atom. The molecular formula is C16H29N3. The maximum Gasteiger partial charge on any atom is 0.128 e. The Balaban J connectivity index is 2.91. The van der Waals surface area contributed by atoms with Gasteiger partial charge in [-0.2, -0.15) is 0 Å². The summed E-state index contributed by atoms with van der Waals surface area (Å²) in [6, 6.07) is 4.45. The van der Waals surface area contributed by atoms with Crippen LogP contribution in [-0.4, -0.2) is 25.1 Å². The highest BCUT2D eigenvalue weighted by atomic mass is 15.2. The molecule has 0 fully saturated rings. The van der Waals surface area contributed by atoms with Gasteiger partial charge in [0, 0.05) is 25.8 Å². The van der Waals surface area contributed by atoms with Crippen LogP contribution < -0.4 is 10.2 Å². The van der Waals surface area contributed by atoms with Gasteiger partial charge in [0.1, 0.15) is 5.82 Å². The van der Waals surface area contributed by atoms with Crippen molar-refractivity contribution in [3.63, 3.8) is 0 Å². The molecule has 1 heterocycles. The highest BCUT2D eigenvalue weighted by Gasteiger charge is 2.08. The second-order valence-corrected chi connectivity index (χ2v) is 5.63. The van der Waals surface area contributed by atoms with E-state index in [-0.39, 0.29) is 0 Å². The Bertz CT molecular complexity index is 374. The molecule has 0 radical (unpaired) electrons. The predicted molar refractivity (Wildman–Crippen MR) is 83.7 cm³/mol. The molecule has 0 aromatic carbocycles. The Labute approximate surface area is 118 Å². The number of hydrogen-bond acceptors (Lipinski definition) is 3. The standard InChI is InChI=1S/C16H29N3/c1-6-8-15-9-14(11-17-7-2)10-16(18-15)19(5)12-13(3)4/h9-10,13,17H,6-8,11-12H2,1-5H3. The van der Waals surface area contributed by atoms with Crippen LogP contribution in [0.15, 0.2) is 12.1 Å². The summed E-state index contributed by atoms with van der Waals surface area (Å²) in [6.45, 7) is 11.8. The van der Waals surface area contributed by atoms with Crippen LogP contribution >= 0.6 is 0 Å². The van der Waals surface area contributed by atoms with Crippen LogP contribution in [-0.2, 0) is 13.0 Å². The molecule has 0 bridgehead atoms. The van der Waals surface area contributed by atoms with Crippen molar-refractivity contribution in [3.8, 4) is 0 Å². The number of rotatable bonds is 8. The number of anilines is 1. The SMILES string of the molecule is CCCc1cc(CNCC)cc(N(C)CC(C)C)n1. The first-order chi connectivity index (χ1) is 9.06. The van der Waals surface area contributed by atoms with E-state index in [1.165, 1.54) is 11.3 Å². The molecule has 0 aliphatic carbocycles. The minimum absolute atomic E-state index is 0.652. The van der Waals surface area contributed by atoms with Gasteiger partial charge in [0.25, 0.3) is 0 Å². The summed E-state index contributed by atoms with van der Waals surface area (Å²) >= 11 is 0. The lowest BCUT2D eigenvalue weighted by molar-refractivity contribution is 0.632. The molecule has 1 aromatic heterocycles. The number of nitrogens with one attached hydrogen (secondary N) is 1. The Morgan fingerprint density at radius 1 is 1.26 bits per heavy atom. The van der Waals surface area contributed by atoms with Crippen LogP contribution in [0.5, 0.6) is 0 Å². The third-order valence-corrected chi connectivity index (χ3v) is 3.04. The molecule has 1 rings (SSSR count). The Morgan fingerprint density at radius 3 is 2.58 bits per heavy atom. The van der Waals surface area contributed by atoms with Gasteiger partial charge >= 0.3 is 0 Å². The van der Waals surface area contributed by atoms with Crippen LogP contribution in [0.25, 0.3) is 0 Å². The summed E-state index contributed by atoms with van der Waals surface area (Å²) in [5.41, 5.74) is 2.55. The van der Waals surface area contributed by atoms with Crippen molar-refractivity contribution < 1.29 is 0 Å². The summed E-state index contributed by atoms with van der Waals surface area (Å²) < 4.78 is 0. The molecule has 0 aliphatic heterocycles. The van der Waals surface area contributed by atoms with Crippen molar-refractivity contribution in [1.29, 1.82) is 0 Å². The zero-order valence-corrected chi connectivity index (χ0v) is 13.2. The third kappa shape index (κ3) is 5.60. The predicted octanol–water partition coefficient (Wildman–Crippen LogP) is 3.24. The van der Waals surface area contributed by atoms with Gasteiger partial charge < -0.3 is 10.2 Å². The van der Waals surface area contributed by atoms with Gasteiger partial charge in [0.15, 0.2) is 0 Å². The van der Waals surface area contributed by atoms with Crippen molar-refractivity contribution in [2.75, 3.05) is 25.0 Å². The van der Waals surface area contributed by atoms with Crippen molar-refractivity contribution >= 4 is 5.82 Å². The molecule has 0 aliphatic rings. The van der Waals surface area contributed by atoms with Gasteiger partial charge in [-0.05, 0) is 36.6 Å². The van der Waals surface area contributed by atoms with Gasteiger partial charge in [-0.1, -0.05) is 34.1 Å². The van der Waals surface area contributed by atoms with E-state index in [9.17, 15) is 0 Å². The number of aromatic nitrogens is 1. The summed E-state index contributed by atoms with van der Waals surface area (Å²) in [7, 11) is 2.13. The molecule has 0 spiro atoms. The van der Waals surface area contributed by atoms with Crippen LogP contribution in [0.1, 0.15) is 45.4 Å². The van der Waals surface area contributed by atoms with Crippen LogP contribution in [0.3, 0.4) is 0 Å². The maximum atomic E-state index is 4.78. The lowest BCUT2D eigenvalue weighted by Crippen LogP contribution is -2.24. The van der Waals surface area contributed by atoms with E-state index in [1.807, 2.05) is 0 Å². The quantitative estimate of drug-likeness (QED) is 0.780. The molecule has 19 heavy (non-hydrogen) atoms. The third-order valence-electron chi connectivity index (χ3n) is 3.04. The number of nitrogens with zero attached hydrogens (tertiary/aromatic N) is 2. The average molecular weight is 263 g/mol. The molecule has 0 amide bonds. The largest absolute Gasteiger partial charge is 0.359 e. The molecule has 1 N–H and O–H groups in total. The smallest absolute Gasteiger partial charge is 0.128 e. The van der Waals surface area contributed by atoms with Crippen molar-refractivity contribution in [3.05, 3.63) is 23.4 Å². The molecule has 1 aromatic rings. The minimum Gasteiger partial charge on any atom is -0.359 e. The van der Waals surface area contributed by atoms with Crippen LogP contribution in [0.4, 0.5) is 5.82 Å². The lowest BCUT2D eigenvalue weighted by Gasteiger charge is -2.22. The average Bonchev–Trinajstić information content (AvgIpc) is 2.35. The Kier molecular flexibility index (Phi) is 6.85. The molecule has 108 valence electrons. The van der Waals surface area contributed by atoms with Gasteiger partial charge in [-0.3, -0.25) is 0 Å². The zero-order chi connectivity index (χ0) is 14.3. The van der Waals surface area contributed by atoms with E-state index in [2.05, 4.69) is 57.1 Å². The van der Waals surface area contributed by atoms with E-state index in [1.54, 1.807) is 0 Å². The normalized spacial score (nSPS) is 11.1. The lowest BCUT2D eigenvalue weighted by atomic mass is 10.1. The van der Waals surface area contributed by atoms with E-state index >= 15 is 0 Å². The molecule has 0 saturated carbocycles. The van der Waals surface area contributed by atoms with Gasteiger partial charge in [0.05, 0.1) is 0 Å². The van der Waals surface area contributed by atoms with Gasteiger partial charge in [-0.15, -0.1) is 0 Å². The molecule has 0 unspecified atom stereocenters. The second kappa shape index (κ2) is 8.16. The summed E-state index contributed by atoms with van der Waals surface area (Å²) in [5.74, 6) is 1.76. The minimum atomic E-state index is 0.652. The monoisotopic (exact) mass is 263 g/mol. The number of hydrogen-bond donors (Lipinski definition) is 1. The fourth-order valence-corrected chi connectivity index (χ4v) is 2.23. The maximum absolute atomic E-state index is 4.78. The van der Waals surface area contributed by atoms with Gasteiger partial charge in [0.2, 0.25) is 0 Å². The molecular weight excluding hydrogens is 234 g/mol. The fourth-order valence-electron chi connectivity index (χ4n) is 2.23. The highest BCUT2D eigenvalue weighted by molar-refractivity contribution is 5.42. The second-order valence-electron chi connectivity index (χ2n) is 5.63. The summed E-state index contributed by atoms with van der Waals surface area (Å²) in [5, 5.41) is 3.39.